The molecule has 0 aromatic rings. The van der Waals surface area contributed by atoms with Crippen LogP contribution in [-0.2, 0) is 4.79 Å². The highest BCUT2D eigenvalue weighted by atomic mass is 16.3. The van der Waals surface area contributed by atoms with Gasteiger partial charge in [-0.25, -0.2) is 0 Å². The lowest BCUT2D eigenvalue weighted by Crippen LogP contribution is -2.45. The van der Waals surface area contributed by atoms with Crippen LogP contribution in [0, 0.1) is 0 Å². The van der Waals surface area contributed by atoms with Gasteiger partial charge in [0, 0.05) is 6.42 Å². The molecule has 0 fully saturated rings. The predicted octanol–water partition coefficient (Wildman–Crippen LogP) is 14.2. The molecule has 0 aromatic carbocycles. The number of unbranched alkanes of at least 4 members (excludes halogenated alkanes) is 30. The molecule has 4 nitrogen and oxygen atoms in total. The number of allylic oxidation sites excluding steroid dienone is 5. The van der Waals surface area contributed by atoms with Gasteiger partial charge in [0.25, 0.3) is 0 Å². The Balaban J connectivity index is 3.48. The minimum atomic E-state index is -0.865. The molecule has 2 atom stereocenters. The van der Waals surface area contributed by atoms with Crippen molar-refractivity contribution in [3.63, 3.8) is 0 Å². The Morgan fingerprint density at radius 1 is 0.451 bits per heavy atom. The van der Waals surface area contributed by atoms with Gasteiger partial charge >= 0.3 is 0 Å². The second kappa shape index (κ2) is 43.0. The van der Waals surface area contributed by atoms with Crippen LogP contribution >= 0.6 is 0 Å². The number of hydrogen-bond acceptors (Lipinski definition) is 3. The van der Waals surface area contributed by atoms with Crippen molar-refractivity contribution in [3.05, 3.63) is 36.5 Å². The number of rotatable bonds is 41. The maximum absolute atomic E-state index is 12.2. The summed E-state index contributed by atoms with van der Waals surface area (Å²) in [5.41, 5.74) is 0. The molecule has 4 heteroatoms. The van der Waals surface area contributed by atoms with E-state index in [2.05, 4.69) is 43.5 Å². The molecule has 0 rings (SSSR count). The van der Waals surface area contributed by atoms with E-state index in [0.29, 0.717) is 6.42 Å². The molecule has 2 unspecified atom stereocenters. The van der Waals surface area contributed by atoms with Gasteiger partial charge in [-0.1, -0.05) is 224 Å². The molecular weight excluding hydrogens is 627 g/mol. The van der Waals surface area contributed by atoms with Gasteiger partial charge in [0.15, 0.2) is 0 Å². The summed E-state index contributed by atoms with van der Waals surface area (Å²) < 4.78 is 0. The fraction of sp³-hybridized carbons (Fsp3) is 0.851. The van der Waals surface area contributed by atoms with Crippen LogP contribution < -0.4 is 5.32 Å². The minimum absolute atomic E-state index is 0.0851. The van der Waals surface area contributed by atoms with Crippen molar-refractivity contribution < 1.29 is 15.0 Å². The van der Waals surface area contributed by atoms with E-state index in [-0.39, 0.29) is 12.5 Å². The number of carbonyl (C=O) groups is 1. The third kappa shape index (κ3) is 39.6. The number of nitrogens with one attached hydrogen (secondary N) is 1. The molecule has 0 bridgehead atoms. The zero-order valence-electron chi connectivity index (χ0n) is 34.4. The van der Waals surface area contributed by atoms with Gasteiger partial charge in [0.05, 0.1) is 18.8 Å². The van der Waals surface area contributed by atoms with Crippen molar-refractivity contribution in [1.82, 2.24) is 5.32 Å². The Morgan fingerprint density at radius 2 is 0.765 bits per heavy atom. The summed E-state index contributed by atoms with van der Waals surface area (Å²) in [4.78, 5) is 12.2. The maximum Gasteiger partial charge on any atom is 0.220 e. The Morgan fingerprint density at radius 3 is 1.14 bits per heavy atom. The van der Waals surface area contributed by atoms with Crippen molar-refractivity contribution in [2.45, 2.75) is 251 Å². The molecule has 0 aliphatic heterocycles. The fourth-order valence-electron chi connectivity index (χ4n) is 6.86. The number of hydrogen-bond donors (Lipinski definition) is 3. The zero-order valence-corrected chi connectivity index (χ0v) is 34.4. The van der Waals surface area contributed by atoms with E-state index >= 15 is 0 Å². The summed E-state index contributed by atoms with van der Waals surface area (Å²) in [6.07, 6.45) is 57.3. The predicted molar refractivity (Wildman–Crippen MR) is 225 cm³/mol. The van der Waals surface area contributed by atoms with Crippen LogP contribution in [0.25, 0.3) is 0 Å². The van der Waals surface area contributed by atoms with Gasteiger partial charge in [-0.3, -0.25) is 4.79 Å². The summed E-state index contributed by atoms with van der Waals surface area (Å²) in [7, 11) is 0. The highest BCUT2D eigenvalue weighted by Gasteiger charge is 2.17. The van der Waals surface area contributed by atoms with Crippen LogP contribution in [-0.4, -0.2) is 34.9 Å². The van der Waals surface area contributed by atoms with Crippen LogP contribution in [0.3, 0.4) is 0 Å². The molecule has 0 aliphatic rings. The fourth-order valence-corrected chi connectivity index (χ4v) is 6.86. The molecule has 0 saturated carbocycles. The SMILES string of the molecule is CCCCCCCCCCCCCCCCCCCCCCCC/C=C/CC/C=C/CC/C=C/C(O)C(CO)NC(=O)CCCCCCCCC. The first kappa shape index (κ1) is 49.6. The summed E-state index contributed by atoms with van der Waals surface area (Å²) in [5, 5.41) is 22.8. The van der Waals surface area contributed by atoms with Gasteiger partial charge in [-0.15, -0.1) is 0 Å². The number of carbonyl (C=O) groups excluding carboxylic acids is 1. The normalized spacial score (nSPS) is 13.3. The standard InChI is InChI=1S/C47H89NO3/c1-3-5-7-9-11-12-13-14-15-16-17-18-19-20-21-22-23-24-25-26-27-28-29-30-31-32-33-34-35-37-38-40-42-46(50)45(44-49)48-47(51)43-41-39-36-10-8-6-4-2/h30-31,34-35,40,42,45-46,49-50H,3-29,32-33,36-39,41,43-44H2,1-2H3,(H,48,51)/b31-30+,35-34+,42-40+. The summed E-state index contributed by atoms with van der Waals surface area (Å²) in [5.74, 6) is -0.0851. The van der Waals surface area contributed by atoms with Crippen LogP contribution in [0.4, 0.5) is 0 Å². The topological polar surface area (TPSA) is 69.6 Å². The highest BCUT2D eigenvalue weighted by molar-refractivity contribution is 5.76. The molecule has 0 saturated heterocycles. The van der Waals surface area contributed by atoms with E-state index in [4.69, 9.17) is 0 Å². The van der Waals surface area contributed by atoms with Crippen LogP contribution in [0.1, 0.15) is 239 Å². The van der Waals surface area contributed by atoms with Crippen LogP contribution in [0.15, 0.2) is 36.5 Å². The second-order valence-corrected chi connectivity index (χ2v) is 15.5. The Labute approximate surface area is 319 Å². The van der Waals surface area contributed by atoms with Crippen molar-refractivity contribution in [1.29, 1.82) is 0 Å². The van der Waals surface area contributed by atoms with E-state index in [1.165, 1.54) is 180 Å². The monoisotopic (exact) mass is 716 g/mol. The largest absolute Gasteiger partial charge is 0.394 e. The van der Waals surface area contributed by atoms with Gasteiger partial charge in [0.2, 0.25) is 5.91 Å². The minimum Gasteiger partial charge on any atom is -0.394 e. The first-order chi connectivity index (χ1) is 25.2. The molecule has 1 amide bonds. The smallest absolute Gasteiger partial charge is 0.220 e. The van der Waals surface area contributed by atoms with Crippen molar-refractivity contribution in [2.24, 2.45) is 0 Å². The summed E-state index contributed by atoms with van der Waals surface area (Å²) in [6.45, 7) is 4.25. The Bertz CT molecular complexity index is 775. The molecule has 0 heterocycles. The number of amides is 1. The number of aliphatic hydroxyl groups is 2. The van der Waals surface area contributed by atoms with Gasteiger partial charge in [0.1, 0.15) is 0 Å². The second-order valence-electron chi connectivity index (χ2n) is 15.5. The quantitative estimate of drug-likeness (QED) is 0.0436. The molecular formula is C47H89NO3. The first-order valence-electron chi connectivity index (χ1n) is 22.7. The van der Waals surface area contributed by atoms with Gasteiger partial charge in [-0.2, -0.15) is 0 Å². The van der Waals surface area contributed by atoms with Crippen molar-refractivity contribution >= 4 is 5.91 Å². The van der Waals surface area contributed by atoms with E-state index in [0.717, 1.165) is 38.5 Å². The molecule has 0 aliphatic carbocycles. The molecule has 300 valence electrons. The summed E-state index contributed by atoms with van der Waals surface area (Å²) in [6, 6.07) is -0.640. The van der Waals surface area contributed by atoms with Gasteiger partial charge in [-0.05, 0) is 44.9 Å². The van der Waals surface area contributed by atoms with E-state index in [9.17, 15) is 15.0 Å². The average Bonchev–Trinajstić information content (AvgIpc) is 3.13. The third-order valence-corrected chi connectivity index (χ3v) is 10.4. The first-order valence-corrected chi connectivity index (χ1v) is 22.7. The van der Waals surface area contributed by atoms with Crippen LogP contribution in [0.2, 0.25) is 0 Å². The highest BCUT2D eigenvalue weighted by Crippen LogP contribution is 2.16. The lowest BCUT2D eigenvalue weighted by Gasteiger charge is -2.19. The molecule has 0 spiro atoms. The maximum atomic E-state index is 12.2. The lowest BCUT2D eigenvalue weighted by molar-refractivity contribution is -0.123. The third-order valence-electron chi connectivity index (χ3n) is 10.4. The van der Waals surface area contributed by atoms with E-state index < -0.39 is 12.1 Å². The van der Waals surface area contributed by atoms with Crippen molar-refractivity contribution in [2.75, 3.05) is 6.61 Å². The lowest BCUT2D eigenvalue weighted by atomic mass is 10.0. The zero-order chi connectivity index (χ0) is 37.1. The number of aliphatic hydroxyl groups excluding tert-OH is 2. The van der Waals surface area contributed by atoms with E-state index in [1.807, 2.05) is 6.08 Å². The molecule has 3 N–H and O–H groups in total. The summed E-state index contributed by atoms with van der Waals surface area (Å²) >= 11 is 0. The van der Waals surface area contributed by atoms with Crippen molar-refractivity contribution in [3.8, 4) is 0 Å². The Kier molecular flexibility index (Phi) is 41.8. The van der Waals surface area contributed by atoms with Gasteiger partial charge < -0.3 is 15.5 Å². The molecule has 0 radical (unpaired) electrons. The van der Waals surface area contributed by atoms with Crippen LogP contribution in [0.5, 0.6) is 0 Å². The molecule has 51 heavy (non-hydrogen) atoms. The average molecular weight is 716 g/mol. The molecule has 0 aromatic heterocycles. The van der Waals surface area contributed by atoms with E-state index in [1.54, 1.807) is 6.08 Å². The Hall–Kier alpha value is -1.39.